The van der Waals surface area contributed by atoms with E-state index >= 15 is 0 Å². The smallest absolute Gasteiger partial charge is 0.289 e. The molecule has 7 nitrogen and oxygen atoms in total. The quantitative estimate of drug-likeness (QED) is 0.666. The number of hydrogen-bond donors (Lipinski definition) is 1. The molecule has 0 saturated carbocycles. The van der Waals surface area contributed by atoms with Gasteiger partial charge in [0.1, 0.15) is 6.54 Å². The number of non-ortho nitro benzene ring substituents is 1. The van der Waals surface area contributed by atoms with Crippen LogP contribution in [0.1, 0.15) is 16.1 Å². The summed E-state index contributed by atoms with van der Waals surface area (Å²) < 4.78 is 5.15. The fourth-order valence-corrected chi connectivity index (χ4v) is 2.78. The van der Waals surface area contributed by atoms with Crippen molar-refractivity contribution in [1.82, 2.24) is 4.90 Å². The second-order valence-electron chi connectivity index (χ2n) is 5.62. The summed E-state index contributed by atoms with van der Waals surface area (Å²) in [6, 6.07) is 10.1. The number of furan rings is 1. The normalized spacial score (nSPS) is 15.6. The van der Waals surface area contributed by atoms with Crippen LogP contribution in [-0.2, 0) is 6.54 Å². The molecule has 2 aromatic rings. The standard InChI is InChI=1S/C16H17N3O4/c20-16(15-2-1-11-23-15)18-9-7-17(8-10-18)12-13-3-5-14(6-4-13)19(21)22/h1-6,11H,7-10,12H2/p+1. The summed E-state index contributed by atoms with van der Waals surface area (Å²) in [5.74, 6) is 0.313. The number of carbonyl (C=O) groups excluding carboxylic acids is 1. The lowest BCUT2D eigenvalue weighted by molar-refractivity contribution is -0.917. The van der Waals surface area contributed by atoms with Crippen LogP contribution in [0.4, 0.5) is 5.69 Å². The van der Waals surface area contributed by atoms with Crippen LogP contribution in [0.5, 0.6) is 0 Å². The van der Waals surface area contributed by atoms with E-state index in [1.54, 1.807) is 29.2 Å². The molecule has 3 rings (SSSR count). The lowest BCUT2D eigenvalue weighted by Gasteiger charge is -2.31. The first kappa shape index (κ1) is 15.2. The van der Waals surface area contributed by atoms with Gasteiger partial charge in [0.25, 0.3) is 11.6 Å². The Kier molecular flexibility index (Phi) is 4.38. The third-order valence-corrected chi connectivity index (χ3v) is 4.09. The zero-order chi connectivity index (χ0) is 16.2. The van der Waals surface area contributed by atoms with Crippen LogP contribution in [0.15, 0.2) is 47.1 Å². The summed E-state index contributed by atoms with van der Waals surface area (Å²) >= 11 is 0. The molecule has 7 heteroatoms. The molecule has 120 valence electrons. The number of amides is 1. The molecule has 1 aliphatic heterocycles. The Labute approximate surface area is 133 Å². The lowest BCUT2D eigenvalue weighted by Crippen LogP contribution is -3.13. The maximum Gasteiger partial charge on any atom is 0.289 e. The highest BCUT2D eigenvalue weighted by Gasteiger charge is 2.25. The number of hydrogen-bond acceptors (Lipinski definition) is 4. The number of piperazine rings is 1. The molecular formula is C16H18N3O4+. The van der Waals surface area contributed by atoms with Gasteiger partial charge in [-0.1, -0.05) is 0 Å². The van der Waals surface area contributed by atoms with Gasteiger partial charge in [0.2, 0.25) is 0 Å². The Bertz CT molecular complexity index is 674. The molecule has 0 aliphatic carbocycles. The van der Waals surface area contributed by atoms with Gasteiger partial charge in [0.05, 0.1) is 37.4 Å². The molecule has 0 bridgehead atoms. The summed E-state index contributed by atoms with van der Waals surface area (Å²) in [5, 5.41) is 10.7. The molecule has 1 N–H and O–H groups in total. The van der Waals surface area contributed by atoms with Crippen molar-refractivity contribution < 1.29 is 19.0 Å². The monoisotopic (exact) mass is 316 g/mol. The molecule has 0 spiro atoms. The first-order valence-corrected chi connectivity index (χ1v) is 7.53. The topological polar surface area (TPSA) is 81.0 Å². The molecule has 23 heavy (non-hydrogen) atoms. The van der Waals surface area contributed by atoms with E-state index in [1.807, 2.05) is 0 Å². The minimum absolute atomic E-state index is 0.0654. The van der Waals surface area contributed by atoms with E-state index in [9.17, 15) is 14.9 Å². The number of quaternary nitrogens is 1. The summed E-state index contributed by atoms with van der Waals surface area (Å²) in [4.78, 5) is 25.6. The summed E-state index contributed by atoms with van der Waals surface area (Å²) in [6.07, 6.45) is 1.50. The van der Waals surface area contributed by atoms with Crippen LogP contribution < -0.4 is 4.90 Å². The fourth-order valence-electron chi connectivity index (χ4n) is 2.78. The van der Waals surface area contributed by atoms with Crippen molar-refractivity contribution in [2.24, 2.45) is 0 Å². The lowest BCUT2D eigenvalue weighted by atomic mass is 10.2. The Morgan fingerprint density at radius 2 is 1.91 bits per heavy atom. The van der Waals surface area contributed by atoms with Crippen molar-refractivity contribution in [3.8, 4) is 0 Å². The second-order valence-corrected chi connectivity index (χ2v) is 5.62. The van der Waals surface area contributed by atoms with E-state index in [4.69, 9.17) is 4.42 Å². The highest BCUT2D eigenvalue weighted by molar-refractivity contribution is 5.91. The average Bonchev–Trinajstić information content (AvgIpc) is 3.10. The summed E-state index contributed by atoms with van der Waals surface area (Å²) in [6.45, 7) is 3.87. The van der Waals surface area contributed by atoms with E-state index < -0.39 is 4.92 Å². The first-order chi connectivity index (χ1) is 11.1. The van der Waals surface area contributed by atoms with Crippen LogP contribution in [-0.4, -0.2) is 41.9 Å². The maximum absolute atomic E-state index is 12.2. The number of nitrogens with one attached hydrogen (secondary N) is 1. The molecule has 0 unspecified atom stereocenters. The Morgan fingerprint density at radius 1 is 1.22 bits per heavy atom. The zero-order valence-electron chi connectivity index (χ0n) is 12.6. The third-order valence-electron chi connectivity index (χ3n) is 4.09. The van der Waals surface area contributed by atoms with Crippen LogP contribution in [0.3, 0.4) is 0 Å². The Morgan fingerprint density at radius 3 is 2.48 bits per heavy atom. The minimum atomic E-state index is -0.393. The predicted octanol–water partition coefficient (Wildman–Crippen LogP) is 0.729. The highest BCUT2D eigenvalue weighted by Crippen LogP contribution is 2.11. The van der Waals surface area contributed by atoms with E-state index in [1.165, 1.54) is 23.3 Å². The SMILES string of the molecule is O=C(c1ccco1)N1CC[NH+](Cc2ccc([N+](=O)[O-])cc2)CC1. The van der Waals surface area contributed by atoms with Gasteiger partial charge in [-0.15, -0.1) is 0 Å². The molecular weight excluding hydrogens is 298 g/mol. The fraction of sp³-hybridized carbons (Fsp3) is 0.312. The van der Waals surface area contributed by atoms with E-state index in [0.29, 0.717) is 18.8 Å². The Balaban J connectivity index is 1.53. The minimum Gasteiger partial charge on any atom is -0.459 e. The number of nitro groups is 1. The van der Waals surface area contributed by atoms with Crippen molar-refractivity contribution in [3.63, 3.8) is 0 Å². The average molecular weight is 316 g/mol. The van der Waals surface area contributed by atoms with Gasteiger partial charge in [-0.2, -0.15) is 0 Å². The number of rotatable bonds is 4. The number of carbonyl (C=O) groups is 1. The molecule has 0 radical (unpaired) electrons. The third kappa shape index (κ3) is 3.57. The maximum atomic E-state index is 12.2. The van der Waals surface area contributed by atoms with Gasteiger partial charge in [-0.05, 0) is 24.3 Å². The molecule has 1 aromatic carbocycles. The van der Waals surface area contributed by atoms with Crippen LogP contribution >= 0.6 is 0 Å². The molecule has 1 aromatic heterocycles. The van der Waals surface area contributed by atoms with Gasteiger partial charge in [0, 0.05) is 17.7 Å². The van der Waals surface area contributed by atoms with Crippen LogP contribution in [0.2, 0.25) is 0 Å². The van der Waals surface area contributed by atoms with E-state index in [2.05, 4.69) is 0 Å². The van der Waals surface area contributed by atoms with Crippen molar-refractivity contribution in [3.05, 3.63) is 64.1 Å². The molecule has 1 amide bonds. The predicted molar refractivity (Wildman–Crippen MR) is 82.1 cm³/mol. The van der Waals surface area contributed by atoms with Gasteiger partial charge >= 0.3 is 0 Å². The molecule has 0 atom stereocenters. The summed E-state index contributed by atoms with van der Waals surface area (Å²) in [7, 11) is 0. The number of nitro benzene ring substituents is 1. The molecule has 1 aliphatic rings. The molecule has 1 fully saturated rings. The number of benzene rings is 1. The van der Waals surface area contributed by atoms with Crippen molar-refractivity contribution in [2.75, 3.05) is 26.2 Å². The van der Waals surface area contributed by atoms with Crippen molar-refractivity contribution in [1.29, 1.82) is 0 Å². The van der Waals surface area contributed by atoms with Gasteiger partial charge in [-0.3, -0.25) is 14.9 Å². The summed E-state index contributed by atoms with van der Waals surface area (Å²) in [5.41, 5.74) is 1.18. The first-order valence-electron chi connectivity index (χ1n) is 7.53. The van der Waals surface area contributed by atoms with Gasteiger partial charge < -0.3 is 14.2 Å². The van der Waals surface area contributed by atoms with E-state index in [-0.39, 0.29) is 11.6 Å². The van der Waals surface area contributed by atoms with Crippen LogP contribution in [0, 0.1) is 10.1 Å². The largest absolute Gasteiger partial charge is 0.459 e. The molecule has 2 heterocycles. The van der Waals surface area contributed by atoms with Gasteiger partial charge in [-0.25, -0.2) is 0 Å². The second kappa shape index (κ2) is 6.62. The van der Waals surface area contributed by atoms with Crippen LogP contribution in [0.25, 0.3) is 0 Å². The van der Waals surface area contributed by atoms with E-state index in [0.717, 1.165) is 25.2 Å². The van der Waals surface area contributed by atoms with Gasteiger partial charge in [0.15, 0.2) is 5.76 Å². The molecule has 1 saturated heterocycles. The Hall–Kier alpha value is -2.67. The zero-order valence-corrected chi connectivity index (χ0v) is 12.6. The highest BCUT2D eigenvalue weighted by atomic mass is 16.6. The van der Waals surface area contributed by atoms with Crippen molar-refractivity contribution in [2.45, 2.75) is 6.54 Å². The number of nitrogens with zero attached hydrogens (tertiary/aromatic N) is 2. The van der Waals surface area contributed by atoms with Crippen molar-refractivity contribution >= 4 is 11.6 Å².